The van der Waals surface area contributed by atoms with Crippen molar-refractivity contribution < 1.29 is 9.90 Å². The maximum atomic E-state index is 11.0. The van der Waals surface area contributed by atoms with Gasteiger partial charge >= 0.3 is 5.97 Å². The van der Waals surface area contributed by atoms with Crippen LogP contribution in [0.5, 0.6) is 0 Å². The van der Waals surface area contributed by atoms with Crippen LogP contribution < -0.4 is 0 Å². The number of halogens is 1. The van der Waals surface area contributed by atoms with Crippen molar-refractivity contribution in [1.82, 2.24) is 4.57 Å². The molecular formula is C14H14BrNO2S. The first-order valence-electron chi connectivity index (χ1n) is 6.19. The molecule has 0 bridgehead atoms. The molecule has 0 amide bonds. The highest BCUT2D eigenvalue weighted by molar-refractivity contribution is 9.10. The molecule has 0 saturated heterocycles. The highest BCUT2D eigenvalue weighted by Gasteiger charge is 2.27. The van der Waals surface area contributed by atoms with Crippen LogP contribution in [-0.2, 0) is 11.2 Å². The lowest BCUT2D eigenvalue weighted by atomic mass is 10.1. The van der Waals surface area contributed by atoms with Crippen molar-refractivity contribution in [2.75, 3.05) is 6.26 Å². The minimum atomic E-state index is -0.725. The zero-order valence-corrected chi connectivity index (χ0v) is 12.9. The Hall–Kier alpha value is -0.940. The van der Waals surface area contributed by atoms with E-state index in [1.165, 1.54) is 16.0 Å². The van der Waals surface area contributed by atoms with Crippen LogP contribution in [0.25, 0.3) is 10.9 Å². The summed E-state index contributed by atoms with van der Waals surface area (Å²) in [6, 6.07) is 6.56. The van der Waals surface area contributed by atoms with Gasteiger partial charge in [0.1, 0.15) is 0 Å². The van der Waals surface area contributed by atoms with Gasteiger partial charge in [-0.3, -0.25) is 4.79 Å². The third-order valence-corrected chi connectivity index (χ3v) is 5.00. The third-order valence-electron chi connectivity index (χ3n) is 3.68. The number of benzene rings is 1. The molecule has 0 aliphatic carbocycles. The van der Waals surface area contributed by atoms with Crippen LogP contribution in [0.2, 0.25) is 0 Å². The minimum absolute atomic E-state index is 0.0847. The Labute approximate surface area is 124 Å². The molecule has 1 aliphatic rings. The van der Waals surface area contributed by atoms with E-state index in [1.54, 1.807) is 11.8 Å². The molecule has 1 aromatic carbocycles. The second-order valence-corrected chi connectivity index (χ2v) is 6.58. The van der Waals surface area contributed by atoms with Crippen LogP contribution in [-0.4, -0.2) is 21.9 Å². The van der Waals surface area contributed by atoms with Crippen LogP contribution in [0.3, 0.4) is 0 Å². The maximum absolute atomic E-state index is 11.0. The van der Waals surface area contributed by atoms with Crippen LogP contribution in [0.1, 0.15) is 24.6 Å². The Morgan fingerprint density at radius 3 is 3.00 bits per heavy atom. The van der Waals surface area contributed by atoms with E-state index in [0.29, 0.717) is 0 Å². The summed E-state index contributed by atoms with van der Waals surface area (Å²) >= 11 is 5.35. The van der Waals surface area contributed by atoms with Gasteiger partial charge in [0.05, 0.1) is 11.9 Å². The van der Waals surface area contributed by atoms with E-state index < -0.39 is 5.97 Å². The minimum Gasteiger partial charge on any atom is -0.481 e. The number of thioether (sulfide) groups is 1. The van der Waals surface area contributed by atoms with Gasteiger partial charge in [0.2, 0.25) is 0 Å². The molecule has 1 aromatic heterocycles. The monoisotopic (exact) mass is 339 g/mol. The quantitative estimate of drug-likeness (QED) is 0.856. The zero-order chi connectivity index (χ0) is 13.6. The number of aliphatic carboxylic acids is 1. The molecule has 100 valence electrons. The number of aromatic nitrogens is 1. The molecular weight excluding hydrogens is 326 g/mol. The van der Waals surface area contributed by atoms with Crippen molar-refractivity contribution in [1.29, 1.82) is 0 Å². The highest BCUT2D eigenvalue weighted by Crippen LogP contribution is 2.39. The standard InChI is InChI=1S/C14H14BrNO2S/c1-19-11-5-8-4-9-2-3-10(6-13(17)18)16(9)14(8)12(15)7-11/h4-5,7,10H,2-3,6H2,1H3,(H,17,18). The molecule has 1 N–H and O–H groups in total. The van der Waals surface area contributed by atoms with E-state index in [4.69, 9.17) is 5.11 Å². The summed E-state index contributed by atoms with van der Waals surface area (Å²) < 4.78 is 3.26. The van der Waals surface area contributed by atoms with Gasteiger partial charge in [0.15, 0.2) is 0 Å². The van der Waals surface area contributed by atoms with E-state index >= 15 is 0 Å². The predicted molar refractivity (Wildman–Crippen MR) is 81.0 cm³/mol. The van der Waals surface area contributed by atoms with Crippen molar-refractivity contribution in [3.63, 3.8) is 0 Å². The first-order chi connectivity index (χ1) is 9.10. The second-order valence-electron chi connectivity index (χ2n) is 4.84. The summed E-state index contributed by atoms with van der Waals surface area (Å²) in [6.07, 6.45) is 4.15. The lowest BCUT2D eigenvalue weighted by Crippen LogP contribution is -2.09. The van der Waals surface area contributed by atoms with E-state index in [1.807, 2.05) is 0 Å². The van der Waals surface area contributed by atoms with Gasteiger partial charge in [0.25, 0.3) is 0 Å². The summed E-state index contributed by atoms with van der Waals surface area (Å²) in [6.45, 7) is 0. The predicted octanol–water partition coefficient (Wildman–Crippen LogP) is 4.09. The Balaban J connectivity index is 2.16. The fourth-order valence-electron chi connectivity index (χ4n) is 2.92. The molecule has 0 saturated carbocycles. The number of rotatable bonds is 3. The van der Waals surface area contributed by atoms with Gasteiger partial charge in [0, 0.05) is 26.5 Å². The summed E-state index contributed by atoms with van der Waals surface area (Å²) in [7, 11) is 0. The van der Waals surface area contributed by atoms with Gasteiger partial charge in [-0.1, -0.05) is 0 Å². The molecule has 1 unspecified atom stereocenters. The van der Waals surface area contributed by atoms with Crippen LogP contribution >= 0.6 is 27.7 Å². The molecule has 1 atom stereocenters. The molecule has 0 fully saturated rings. The van der Waals surface area contributed by atoms with Crippen molar-refractivity contribution in [2.24, 2.45) is 0 Å². The SMILES string of the molecule is CSc1cc(Br)c2c(c1)cc1n2C(CC(=O)O)CC1. The summed E-state index contributed by atoms with van der Waals surface area (Å²) in [5, 5.41) is 10.2. The van der Waals surface area contributed by atoms with Gasteiger partial charge in [-0.15, -0.1) is 11.8 Å². The number of carboxylic acid groups (broad SMARTS) is 1. The Morgan fingerprint density at radius 1 is 1.53 bits per heavy atom. The second kappa shape index (κ2) is 4.87. The zero-order valence-electron chi connectivity index (χ0n) is 10.5. The lowest BCUT2D eigenvalue weighted by Gasteiger charge is -2.14. The first-order valence-corrected chi connectivity index (χ1v) is 8.21. The molecule has 19 heavy (non-hydrogen) atoms. The normalized spacial score (nSPS) is 17.9. The number of carbonyl (C=O) groups is 1. The van der Waals surface area contributed by atoms with Crippen molar-refractivity contribution >= 4 is 44.6 Å². The average Bonchev–Trinajstić information content (AvgIpc) is 2.88. The summed E-state index contributed by atoms with van der Waals surface area (Å²) in [4.78, 5) is 12.2. The van der Waals surface area contributed by atoms with Crippen LogP contribution in [0.4, 0.5) is 0 Å². The number of nitrogens with zero attached hydrogens (tertiary/aromatic N) is 1. The molecule has 3 nitrogen and oxygen atoms in total. The molecule has 0 radical (unpaired) electrons. The molecule has 2 heterocycles. The van der Waals surface area contributed by atoms with E-state index in [9.17, 15) is 4.79 Å². The first kappa shape index (κ1) is 13.1. The van der Waals surface area contributed by atoms with Crippen molar-refractivity contribution in [3.8, 4) is 0 Å². The number of fused-ring (bicyclic) bond motifs is 3. The number of carboxylic acids is 1. The van der Waals surface area contributed by atoms with Gasteiger partial charge < -0.3 is 9.67 Å². The molecule has 1 aliphatic heterocycles. The smallest absolute Gasteiger partial charge is 0.305 e. The van der Waals surface area contributed by atoms with Gasteiger partial charge in [-0.25, -0.2) is 0 Å². The number of hydrogen-bond acceptors (Lipinski definition) is 2. The largest absolute Gasteiger partial charge is 0.481 e. The Kier molecular flexibility index (Phi) is 3.35. The molecule has 3 rings (SSSR count). The van der Waals surface area contributed by atoms with E-state index in [-0.39, 0.29) is 12.5 Å². The van der Waals surface area contributed by atoms with Crippen LogP contribution in [0, 0.1) is 0 Å². The third kappa shape index (κ3) is 2.19. The summed E-state index contributed by atoms with van der Waals surface area (Å²) in [5.74, 6) is -0.725. The van der Waals surface area contributed by atoms with Crippen molar-refractivity contribution in [2.45, 2.75) is 30.2 Å². The fourth-order valence-corrected chi connectivity index (χ4v) is 4.22. The highest BCUT2D eigenvalue weighted by atomic mass is 79.9. The van der Waals surface area contributed by atoms with E-state index in [0.717, 1.165) is 22.8 Å². The number of aryl methyl sites for hydroxylation is 1. The fraction of sp³-hybridized carbons (Fsp3) is 0.357. The van der Waals surface area contributed by atoms with Crippen molar-refractivity contribution in [3.05, 3.63) is 28.4 Å². The topological polar surface area (TPSA) is 42.2 Å². The Morgan fingerprint density at radius 2 is 2.32 bits per heavy atom. The molecule has 0 spiro atoms. The maximum Gasteiger partial charge on any atom is 0.305 e. The van der Waals surface area contributed by atoms with E-state index in [2.05, 4.69) is 45.0 Å². The number of hydrogen-bond donors (Lipinski definition) is 1. The van der Waals surface area contributed by atoms with Crippen LogP contribution in [0.15, 0.2) is 27.6 Å². The average molecular weight is 340 g/mol. The van der Waals surface area contributed by atoms with Gasteiger partial charge in [-0.05, 0) is 53.2 Å². The van der Waals surface area contributed by atoms with Gasteiger partial charge in [-0.2, -0.15) is 0 Å². The molecule has 2 aromatic rings. The lowest BCUT2D eigenvalue weighted by molar-refractivity contribution is -0.137. The Bertz CT molecular complexity index is 665. The summed E-state index contributed by atoms with van der Waals surface area (Å²) in [5.41, 5.74) is 2.39. The molecule has 5 heteroatoms.